The van der Waals surface area contributed by atoms with Crippen molar-refractivity contribution in [2.75, 3.05) is 6.54 Å². The van der Waals surface area contributed by atoms with Crippen molar-refractivity contribution in [3.8, 4) is 0 Å². The summed E-state index contributed by atoms with van der Waals surface area (Å²) in [6.07, 6.45) is 7.34. The Morgan fingerprint density at radius 3 is 2.45 bits per heavy atom. The number of benzene rings is 1. The number of nitrogens with two attached hydrogens (primary N) is 1. The highest BCUT2D eigenvalue weighted by Gasteiger charge is 2.34. The molecule has 0 bridgehead atoms. The Bertz CT molecular complexity index is 396. The molecule has 3 heteroatoms. The zero-order chi connectivity index (χ0) is 14.4. The fourth-order valence-corrected chi connectivity index (χ4v) is 3.25. The number of rotatable bonds is 6. The van der Waals surface area contributed by atoms with Crippen LogP contribution in [0.5, 0.6) is 0 Å². The van der Waals surface area contributed by atoms with Gasteiger partial charge in [0.05, 0.1) is 12.2 Å². The third-order valence-electron chi connectivity index (χ3n) is 4.54. The summed E-state index contributed by atoms with van der Waals surface area (Å²) >= 11 is 5.90. The van der Waals surface area contributed by atoms with E-state index in [1.165, 1.54) is 25.7 Å². The van der Waals surface area contributed by atoms with Gasteiger partial charge in [0, 0.05) is 11.6 Å². The minimum absolute atomic E-state index is 0.107. The fraction of sp³-hybridized carbons (Fsp3) is 0.647. The van der Waals surface area contributed by atoms with Crippen LogP contribution in [0.2, 0.25) is 5.02 Å². The van der Waals surface area contributed by atoms with Crippen molar-refractivity contribution in [1.82, 2.24) is 0 Å². The van der Waals surface area contributed by atoms with E-state index in [1.54, 1.807) is 0 Å². The lowest BCUT2D eigenvalue weighted by atomic mass is 9.77. The topological polar surface area (TPSA) is 35.2 Å². The highest BCUT2D eigenvalue weighted by atomic mass is 35.5. The number of ether oxygens (including phenoxy) is 1. The Labute approximate surface area is 127 Å². The van der Waals surface area contributed by atoms with Crippen LogP contribution >= 0.6 is 11.6 Å². The van der Waals surface area contributed by atoms with Crippen molar-refractivity contribution in [2.24, 2.45) is 11.7 Å². The van der Waals surface area contributed by atoms with Gasteiger partial charge in [-0.05, 0) is 49.3 Å². The SMILES string of the molecule is CCCC1CCC(CN)(OCc2ccc(Cl)cc2)CC1. The standard InChI is InChI=1S/C17H26ClNO/c1-2-3-14-8-10-17(13-19,11-9-14)20-12-15-4-6-16(18)7-5-15/h4-7,14H,2-3,8-13,19H2,1H3. The molecule has 1 saturated carbocycles. The summed E-state index contributed by atoms with van der Waals surface area (Å²) in [7, 11) is 0. The molecule has 0 saturated heterocycles. The summed E-state index contributed by atoms with van der Waals surface area (Å²) in [4.78, 5) is 0. The summed E-state index contributed by atoms with van der Waals surface area (Å²) in [5, 5.41) is 0.766. The van der Waals surface area contributed by atoms with Gasteiger partial charge in [-0.3, -0.25) is 0 Å². The Balaban J connectivity index is 1.87. The Morgan fingerprint density at radius 2 is 1.90 bits per heavy atom. The second kappa shape index (κ2) is 7.44. The highest BCUT2D eigenvalue weighted by molar-refractivity contribution is 6.30. The first-order valence-corrected chi connectivity index (χ1v) is 8.14. The van der Waals surface area contributed by atoms with E-state index in [1.807, 2.05) is 24.3 Å². The van der Waals surface area contributed by atoms with Crippen LogP contribution in [-0.4, -0.2) is 12.1 Å². The quantitative estimate of drug-likeness (QED) is 0.836. The van der Waals surface area contributed by atoms with E-state index in [0.717, 1.165) is 29.3 Å². The molecule has 2 N–H and O–H groups in total. The van der Waals surface area contributed by atoms with Gasteiger partial charge in [-0.15, -0.1) is 0 Å². The largest absolute Gasteiger partial charge is 0.369 e. The van der Waals surface area contributed by atoms with Crippen molar-refractivity contribution in [3.05, 3.63) is 34.9 Å². The molecule has 0 radical (unpaired) electrons. The third kappa shape index (κ3) is 4.21. The maximum absolute atomic E-state index is 6.20. The van der Waals surface area contributed by atoms with E-state index in [0.29, 0.717) is 13.2 Å². The molecule has 2 rings (SSSR count). The van der Waals surface area contributed by atoms with Gasteiger partial charge in [0.25, 0.3) is 0 Å². The molecule has 0 aliphatic heterocycles. The second-order valence-corrected chi connectivity index (χ2v) is 6.47. The van der Waals surface area contributed by atoms with Crippen LogP contribution in [0.15, 0.2) is 24.3 Å². The van der Waals surface area contributed by atoms with Crippen LogP contribution in [0.25, 0.3) is 0 Å². The monoisotopic (exact) mass is 295 g/mol. The van der Waals surface area contributed by atoms with Crippen LogP contribution in [0.1, 0.15) is 51.0 Å². The average molecular weight is 296 g/mol. The predicted molar refractivity (Wildman–Crippen MR) is 84.9 cm³/mol. The molecule has 0 spiro atoms. The van der Waals surface area contributed by atoms with Gasteiger partial charge in [-0.2, -0.15) is 0 Å². The van der Waals surface area contributed by atoms with Gasteiger partial charge in [-0.1, -0.05) is 43.5 Å². The summed E-state index contributed by atoms with van der Waals surface area (Å²) in [6, 6.07) is 7.87. The molecular weight excluding hydrogens is 270 g/mol. The first kappa shape index (κ1) is 15.8. The summed E-state index contributed by atoms with van der Waals surface area (Å²) in [5.41, 5.74) is 7.06. The van der Waals surface area contributed by atoms with Crippen molar-refractivity contribution < 1.29 is 4.74 Å². The predicted octanol–water partition coefficient (Wildman–Crippen LogP) is 4.54. The lowest BCUT2D eigenvalue weighted by Crippen LogP contribution is -2.43. The molecule has 1 aromatic carbocycles. The first-order chi connectivity index (χ1) is 9.67. The molecule has 1 aliphatic rings. The molecule has 0 heterocycles. The van der Waals surface area contributed by atoms with E-state index in [9.17, 15) is 0 Å². The lowest BCUT2D eigenvalue weighted by Gasteiger charge is -2.39. The summed E-state index contributed by atoms with van der Waals surface area (Å²) in [6.45, 7) is 3.52. The Hall–Kier alpha value is -0.570. The number of hydrogen-bond acceptors (Lipinski definition) is 2. The van der Waals surface area contributed by atoms with Crippen molar-refractivity contribution in [3.63, 3.8) is 0 Å². The lowest BCUT2D eigenvalue weighted by molar-refractivity contribution is -0.0816. The van der Waals surface area contributed by atoms with Crippen LogP contribution in [0.4, 0.5) is 0 Å². The van der Waals surface area contributed by atoms with E-state index >= 15 is 0 Å². The Morgan fingerprint density at radius 1 is 1.25 bits per heavy atom. The van der Waals surface area contributed by atoms with Gasteiger partial charge >= 0.3 is 0 Å². The van der Waals surface area contributed by atoms with E-state index < -0.39 is 0 Å². The second-order valence-electron chi connectivity index (χ2n) is 6.03. The molecule has 0 atom stereocenters. The van der Waals surface area contributed by atoms with Crippen LogP contribution in [0, 0.1) is 5.92 Å². The van der Waals surface area contributed by atoms with Crippen LogP contribution in [0.3, 0.4) is 0 Å². The van der Waals surface area contributed by atoms with Gasteiger partial charge in [0.1, 0.15) is 0 Å². The van der Waals surface area contributed by atoms with Gasteiger partial charge in [0.15, 0.2) is 0 Å². The molecule has 2 nitrogen and oxygen atoms in total. The molecule has 0 aromatic heterocycles. The normalized spacial score (nSPS) is 26.6. The maximum Gasteiger partial charge on any atom is 0.0808 e. The number of hydrogen-bond donors (Lipinski definition) is 1. The fourth-order valence-electron chi connectivity index (χ4n) is 3.13. The minimum Gasteiger partial charge on any atom is -0.369 e. The molecule has 1 aromatic rings. The molecule has 20 heavy (non-hydrogen) atoms. The maximum atomic E-state index is 6.20. The van der Waals surface area contributed by atoms with E-state index in [2.05, 4.69) is 6.92 Å². The van der Waals surface area contributed by atoms with Crippen molar-refractivity contribution in [1.29, 1.82) is 0 Å². The molecule has 112 valence electrons. The molecular formula is C17H26ClNO. The van der Waals surface area contributed by atoms with E-state index in [4.69, 9.17) is 22.1 Å². The smallest absolute Gasteiger partial charge is 0.0808 e. The van der Waals surface area contributed by atoms with E-state index in [-0.39, 0.29) is 5.60 Å². The highest BCUT2D eigenvalue weighted by Crippen LogP contribution is 2.36. The van der Waals surface area contributed by atoms with Gasteiger partial charge < -0.3 is 10.5 Å². The third-order valence-corrected chi connectivity index (χ3v) is 4.80. The van der Waals surface area contributed by atoms with Crippen molar-refractivity contribution in [2.45, 2.75) is 57.7 Å². The number of halogens is 1. The summed E-state index contributed by atoms with van der Waals surface area (Å²) < 4.78 is 6.20. The average Bonchev–Trinajstić information content (AvgIpc) is 2.49. The zero-order valence-electron chi connectivity index (χ0n) is 12.4. The first-order valence-electron chi connectivity index (χ1n) is 7.76. The van der Waals surface area contributed by atoms with Crippen LogP contribution in [-0.2, 0) is 11.3 Å². The van der Waals surface area contributed by atoms with Gasteiger partial charge in [-0.25, -0.2) is 0 Å². The summed E-state index contributed by atoms with van der Waals surface area (Å²) in [5.74, 6) is 0.874. The van der Waals surface area contributed by atoms with Gasteiger partial charge in [0.2, 0.25) is 0 Å². The Kier molecular flexibility index (Phi) is 5.88. The molecule has 1 fully saturated rings. The van der Waals surface area contributed by atoms with Crippen LogP contribution < -0.4 is 5.73 Å². The zero-order valence-corrected chi connectivity index (χ0v) is 13.2. The van der Waals surface area contributed by atoms with Crippen molar-refractivity contribution >= 4 is 11.6 Å². The molecule has 0 unspecified atom stereocenters. The minimum atomic E-state index is -0.107. The molecule has 1 aliphatic carbocycles. The molecule has 0 amide bonds.